The van der Waals surface area contributed by atoms with Crippen LogP contribution < -0.4 is 0 Å². The number of nitrogens with zero attached hydrogens (tertiary/aromatic N) is 2. The van der Waals surface area contributed by atoms with Gasteiger partial charge >= 0.3 is 0 Å². The fourth-order valence-electron chi connectivity index (χ4n) is 4.08. The van der Waals surface area contributed by atoms with E-state index in [0.717, 1.165) is 12.8 Å². The van der Waals surface area contributed by atoms with E-state index < -0.39 is 0 Å². The molecule has 1 aliphatic rings. The molecule has 0 radical (unpaired) electrons. The zero-order chi connectivity index (χ0) is 17.7. The van der Waals surface area contributed by atoms with Crippen molar-refractivity contribution in [3.63, 3.8) is 0 Å². The lowest BCUT2D eigenvalue weighted by molar-refractivity contribution is 0.320. The topological polar surface area (TPSA) is 17.3 Å². The lowest BCUT2D eigenvalue weighted by atomic mass is 9.54. The van der Waals surface area contributed by atoms with Crippen LogP contribution in [0, 0.1) is 5.41 Å². The molecule has 1 aromatic heterocycles. The van der Waals surface area contributed by atoms with Crippen LogP contribution >= 0.6 is 15.9 Å². The molecule has 2 nitrogen and oxygen atoms in total. The van der Waals surface area contributed by atoms with E-state index >= 15 is 0 Å². The van der Waals surface area contributed by atoms with Gasteiger partial charge in [-0.2, -0.15) is 0 Å². The Kier molecular flexibility index (Phi) is 7.21. The monoisotopic (exact) mass is 392 g/mol. The molecular weight excluding hydrogens is 359 g/mol. The van der Waals surface area contributed by atoms with Crippen LogP contribution in [0.25, 0.3) is 0 Å². The second kappa shape index (κ2) is 8.73. The number of hydrogen-bond donors (Lipinski definition) is 0. The van der Waals surface area contributed by atoms with Gasteiger partial charge in [0.15, 0.2) is 0 Å². The highest BCUT2D eigenvalue weighted by atomic mass is 79.9. The summed E-state index contributed by atoms with van der Waals surface area (Å²) in [5, 5.41) is 0. The van der Waals surface area contributed by atoms with E-state index in [-0.39, 0.29) is 5.41 Å². The Morgan fingerprint density at radius 3 is 2.38 bits per heavy atom. The summed E-state index contributed by atoms with van der Waals surface area (Å²) in [6.45, 7) is 12.1. The fourth-order valence-corrected chi connectivity index (χ4v) is 4.56. The summed E-state index contributed by atoms with van der Waals surface area (Å²) in [6, 6.07) is 2.74. The summed E-state index contributed by atoms with van der Waals surface area (Å²) < 4.78 is 3.78. The maximum atomic E-state index is 4.96. The first-order chi connectivity index (χ1) is 11.4. The van der Waals surface area contributed by atoms with E-state index in [1.54, 1.807) is 0 Å². The lowest BCUT2D eigenvalue weighted by Crippen LogP contribution is -2.30. The molecule has 2 rings (SSSR count). The number of hydrogen-bond acceptors (Lipinski definition) is 1. The fraction of sp³-hybridized carbons (Fsp3) is 0.750. The average molecular weight is 393 g/mol. The number of rotatable bonds is 9. The minimum absolute atomic E-state index is 0.286. The van der Waals surface area contributed by atoms with Crippen molar-refractivity contribution < 1.29 is 0 Å². The molecule has 1 aromatic rings. The van der Waals surface area contributed by atoms with Crippen molar-refractivity contribution in [2.24, 2.45) is 10.4 Å². The summed E-state index contributed by atoms with van der Waals surface area (Å²) in [5.74, 6) is 0. The summed E-state index contributed by atoms with van der Waals surface area (Å²) in [7, 11) is 0. The van der Waals surface area contributed by atoms with E-state index in [0.29, 0.717) is 12.9 Å². The third-order valence-corrected chi connectivity index (χ3v) is 5.90. The summed E-state index contributed by atoms with van der Waals surface area (Å²) >= 11 is 3.72. The first kappa shape index (κ1) is 19.8. The second-order valence-corrected chi connectivity index (χ2v) is 9.16. The molecule has 0 saturated carbocycles. The number of aliphatic imine (C=N–C) groups is 1. The van der Waals surface area contributed by atoms with Gasteiger partial charge in [0, 0.05) is 28.5 Å². The van der Waals surface area contributed by atoms with Crippen molar-refractivity contribution in [1.82, 2.24) is 4.48 Å². The van der Waals surface area contributed by atoms with Gasteiger partial charge in [-0.25, -0.2) is 0 Å². The molecule has 0 N–H and O–H groups in total. The van der Waals surface area contributed by atoms with Gasteiger partial charge in [0.2, 0.25) is 0 Å². The van der Waals surface area contributed by atoms with Crippen LogP contribution in [-0.2, 0) is 6.42 Å². The predicted molar refractivity (Wildman–Crippen MR) is 112 cm³/mol. The maximum absolute atomic E-state index is 4.96. The van der Waals surface area contributed by atoms with Crippen molar-refractivity contribution in [2.45, 2.75) is 91.8 Å². The van der Waals surface area contributed by atoms with Crippen molar-refractivity contribution in [2.75, 3.05) is 0 Å². The van der Waals surface area contributed by atoms with Gasteiger partial charge < -0.3 is 4.48 Å². The third kappa shape index (κ3) is 5.00. The van der Waals surface area contributed by atoms with Gasteiger partial charge in [0.05, 0.1) is 6.04 Å². The van der Waals surface area contributed by atoms with Crippen LogP contribution in [0.5, 0.6) is 0 Å². The Hall–Kier alpha value is -0.505. The van der Waals surface area contributed by atoms with Crippen molar-refractivity contribution >= 4 is 28.5 Å². The predicted octanol–water partition coefficient (Wildman–Crippen LogP) is 6.49. The summed E-state index contributed by atoms with van der Waals surface area (Å²) in [6.07, 6.45) is 12.3. The van der Waals surface area contributed by atoms with Gasteiger partial charge in [0.1, 0.15) is 0 Å². The Morgan fingerprint density at radius 1 is 1.25 bits per heavy atom. The molecule has 0 spiro atoms. The van der Waals surface area contributed by atoms with Crippen LogP contribution in [-0.4, -0.2) is 23.1 Å². The molecule has 1 unspecified atom stereocenters. The molecule has 0 aromatic carbocycles. The third-order valence-electron chi connectivity index (χ3n) is 5.47. The highest BCUT2D eigenvalue weighted by Gasteiger charge is 2.35. The molecule has 24 heavy (non-hydrogen) atoms. The SMILES string of the molecule is CCCCB(CCCC)n1cc(Br)cc1CC1N=C(C)CC1(C)C. The molecule has 134 valence electrons. The maximum Gasteiger partial charge on any atom is 0.259 e. The Bertz CT molecular complexity index is 554. The second-order valence-electron chi connectivity index (χ2n) is 8.24. The molecule has 0 fully saturated rings. The Morgan fingerprint density at radius 2 is 1.88 bits per heavy atom. The van der Waals surface area contributed by atoms with Crippen LogP contribution in [0.15, 0.2) is 21.7 Å². The zero-order valence-corrected chi connectivity index (χ0v) is 17.8. The van der Waals surface area contributed by atoms with Gasteiger partial charge in [-0.15, -0.1) is 0 Å². The molecule has 0 aliphatic carbocycles. The van der Waals surface area contributed by atoms with Gasteiger partial charge in [-0.1, -0.05) is 66.0 Å². The number of aromatic nitrogens is 1. The normalized spacial score (nSPS) is 19.6. The molecule has 1 atom stereocenters. The standard InChI is InChI=1S/C20H34BBrN2/c1-6-8-10-21(11-9-7-2)24-15-17(22)12-18(24)13-19-20(4,5)14-16(3)23-19/h12,15,19H,6-11,13-14H2,1-5H3. The first-order valence-electron chi connectivity index (χ1n) is 9.77. The van der Waals surface area contributed by atoms with E-state index in [9.17, 15) is 0 Å². The highest BCUT2D eigenvalue weighted by molar-refractivity contribution is 9.10. The number of halogens is 1. The van der Waals surface area contributed by atoms with E-state index in [1.165, 1.54) is 54.2 Å². The van der Waals surface area contributed by atoms with E-state index in [1.807, 2.05) is 0 Å². The molecule has 2 heterocycles. The zero-order valence-electron chi connectivity index (χ0n) is 16.2. The summed E-state index contributed by atoms with van der Waals surface area (Å²) in [5.41, 5.74) is 3.06. The van der Waals surface area contributed by atoms with Crippen LogP contribution in [0.3, 0.4) is 0 Å². The van der Waals surface area contributed by atoms with E-state index in [2.05, 4.69) is 67.3 Å². The van der Waals surface area contributed by atoms with Crippen molar-refractivity contribution in [1.29, 1.82) is 0 Å². The molecule has 0 amide bonds. The molecular formula is C20H34BBrN2. The minimum atomic E-state index is 0.286. The molecule has 0 saturated heterocycles. The summed E-state index contributed by atoms with van der Waals surface area (Å²) in [4.78, 5) is 4.96. The highest BCUT2D eigenvalue weighted by Crippen LogP contribution is 2.36. The lowest BCUT2D eigenvalue weighted by Gasteiger charge is -2.27. The molecule has 0 bridgehead atoms. The Balaban J connectivity index is 2.21. The molecule has 4 heteroatoms. The van der Waals surface area contributed by atoms with Gasteiger partial charge in [-0.05, 0) is 40.8 Å². The van der Waals surface area contributed by atoms with Crippen LogP contribution in [0.1, 0.15) is 72.4 Å². The minimum Gasteiger partial charge on any atom is -0.395 e. The smallest absolute Gasteiger partial charge is 0.259 e. The van der Waals surface area contributed by atoms with Crippen molar-refractivity contribution in [3.05, 3.63) is 22.4 Å². The first-order valence-corrected chi connectivity index (χ1v) is 10.6. The average Bonchev–Trinajstić information content (AvgIpc) is 2.98. The molecule has 1 aliphatic heterocycles. The quantitative estimate of drug-likeness (QED) is 0.427. The number of unbranched alkanes of at least 4 members (excludes halogenated alkanes) is 2. The Labute approximate surface area is 157 Å². The van der Waals surface area contributed by atoms with Gasteiger partial charge in [0.25, 0.3) is 6.85 Å². The van der Waals surface area contributed by atoms with Gasteiger partial charge in [-0.3, -0.25) is 4.99 Å². The largest absolute Gasteiger partial charge is 0.395 e. The van der Waals surface area contributed by atoms with E-state index in [4.69, 9.17) is 4.99 Å². The van der Waals surface area contributed by atoms with Crippen LogP contribution in [0.2, 0.25) is 12.6 Å². The van der Waals surface area contributed by atoms with Crippen LogP contribution in [0.4, 0.5) is 0 Å². The van der Waals surface area contributed by atoms with Crippen molar-refractivity contribution in [3.8, 4) is 0 Å².